The van der Waals surface area contributed by atoms with Gasteiger partial charge in [0.15, 0.2) is 22.5 Å². The average molecular weight is 499 g/mol. The Hall–Kier alpha value is -3.39. The lowest BCUT2D eigenvalue weighted by Gasteiger charge is -2.14. The van der Waals surface area contributed by atoms with Crippen LogP contribution in [-0.4, -0.2) is 37.0 Å². The Bertz CT molecular complexity index is 1510. The summed E-state index contributed by atoms with van der Waals surface area (Å²) in [4.78, 5) is 9.16. The van der Waals surface area contributed by atoms with Crippen LogP contribution in [0.4, 0.5) is 5.69 Å². The Morgan fingerprint density at radius 1 is 1.08 bits per heavy atom. The van der Waals surface area contributed by atoms with Crippen LogP contribution < -0.4 is 5.32 Å². The van der Waals surface area contributed by atoms with E-state index in [-0.39, 0.29) is 0 Å². The lowest BCUT2D eigenvalue weighted by Crippen LogP contribution is -2.12. The van der Waals surface area contributed by atoms with Gasteiger partial charge in [-0.2, -0.15) is 0 Å². The van der Waals surface area contributed by atoms with Crippen LogP contribution in [0, 0.1) is 19.8 Å². The molecule has 2 aromatic carbocycles. The van der Waals surface area contributed by atoms with E-state index in [2.05, 4.69) is 61.4 Å². The molecule has 0 radical (unpaired) electrons. The Morgan fingerprint density at radius 3 is 2.92 bits per heavy atom. The summed E-state index contributed by atoms with van der Waals surface area (Å²) in [5.41, 5.74) is 7.45. The van der Waals surface area contributed by atoms with E-state index in [0.29, 0.717) is 5.92 Å². The molecule has 3 aromatic heterocycles. The molecule has 1 atom stereocenters. The van der Waals surface area contributed by atoms with Gasteiger partial charge in [-0.15, -0.1) is 10.2 Å². The quantitative estimate of drug-likeness (QED) is 0.216. The molecule has 0 amide bonds. The predicted molar refractivity (Wildman–Crippen MR) is 145 cm³/mol. The number of fused-ring (bicyclic) bond motifs is 3. The van der Waals surface area contributed by atoms with Crippen molar-refractivity contribution in [3.05, 3.63) is 59.6 Å². The molecular formula is C28H30N6OS. The minimum atomic E-state index is 0.653. The third-order valence-corrected chi connectivity index (χ3v) is 8.16. The normalized spacial score (nSPS) is 15.7. The zero-order chi connectivity index (χ0) is 24.6. The fourth-order valence-corrected chi connectivity index (χ4v) is 6.00. The molecule has 5 aromatic rings. The summed E-state index contributed by atoms with van der Waals surface area (Å²) < 4.78 is 7.82. The van der Waals surface area contributed by atoms with Gasteiger partial charge in [0.2, 0.25) is 0 Å². The average Bonchev–Trinajstić information content (AvgIpc) is 3.35. The van der Waals surface area contributed by atoms with E-state index in [1.54, 1.807) is 11.8 Å². The number of hydrogen-bond donors (Lipinski definition) is 1. The van der Waals surface area contributed by atoms with Crippen LogP contribution in [0.2, 0.25) is 0 Å². The number of nitrogens with zero attached hydrogens (tertiary/aromatic N) is 5. The Balaban J connectivity index is 1.06. The molecule has 8 heteroatoms. The maximum absolute atomic E-state index is 5.72. The van der Waals surface area contributed by atoms with Crippen LogP contribution in [0.25, 0.3) is 33.4 Å². The van der Waals surface area contributed by atoms with Gasteiger partial charge < -0.3 is 14.3 Å². The summed E-state index contributed by atoms with van der Waals surface area (Å²) in [7, 11) is 2.05. The number of rotatable bonds is 6. The molecule has 1 aliphatic rings. The number of benzene rings is 2. The van der Waals surface area contributed by atoms with Crippen molar-refractivity contribution in [1.82, 2.24) is 24.7 Å². The number of nitrogens with one attached hydrogen (secondary N) is 1. The standard InChI is InChI=1S/C28H30N6OS/c1-17-9-12-21-22(7-4-8-23(21)30-17)27-32-33-28(34(27)3)36-13-5-6-19-10-11-20-14-25-26(35-18(2)31-25)15-24(20)29-16-19/h4,7-9,12,14-15,19,29H,5-6,10-11,13,16H2,1-3H3. The third-order valence-electron chi connectivity index (χ3n) is 7.06. The maximum Gasteiger partial charge on any atom is 0.192 e. The van der Waals surface area contributed by atoms with Gasteiger partial charge in [-0.1, -0.05) is 30.0 Å². The van der Waals surface area contributed by atoms with Crippen LogP contribution in [-0.2, 0) is 13.5 Å². The molecule has 4 heterocycles. The van der Waals surface area contributed by atoms with Crippen molar-refractivity contribution in [1.29, 1.82) is 0 Å². The molecule has 1 aliphatic heterocycles. The maximum atomic E-state index is 5.72. The van der Waals surface area contributed by atoms with Gasteiger partial charge in [0, 0.05) is 54.7 Å². The molecule has 0 spiro atoms. The molecule has 6 rings (SSSR count). The van der Waals surface area contributed by atoms with Crippen LogP contribution in [0.3, 0.4) is 0 Å². The van der Waals surface area contributed by atoms with Gasteiger partial charge in [0.05, 0.1) is 5.52 Å². The summed E-state index contributed by atoms with van der Waals surface area (Å²) in [5.74, 6) is 3.29. The summed E-state index contributed by atoms with van der Waals surface area (Å²) in [6, 6.07) is 14.7. The number of hydrogen-bond acceptors (Lipinski definition) is 7. The Kier molecular flexibility index (Phi) is 6.13. The lowest BCUT2D eigenvalue weighted by atomic mass is 9.97. The summed E-state index contributed by atoms with van der Waals surface area (Å²) in [6.45, 7) is 4.92. The summed E-state index contributed by atoms with van der Waals surface area (Å²) >= 11 is 1.79. The van der Waals surface area contributed by atoms with Gasteiger partial charge in [-0.3, -0.25) is 4.98 Å². The topological polar surface area (TPSA) is 81.7 Å². The molecular weight excluding hydrogens is 468 g/mol. The van der Waals surface area contributed by atoms with Crippen molar-refractivity contribution in [2.45, 2.75) is 44.7 Å². The second-order valence-electron chi connectivity index (χ2n) is 9.68. The molecule has 0 saturated carbocycles. The molecule has 1 unspecified atom stereocenters. The van der Waals surface area contributed by atoms with Crippen LogP contribution in [0.15, 0.2) is 52.0 Å². The van der Waals surface area contributed by atoms with Crippen LogP contribution in [0.1, 0.15) is 36.4 Å². The molecule has 0 aliphatic carbocycles. The molecule has 36 heavy (non-hydrogen) atoms. The predicted octanol–water partition coefficient (Wildman–Crippen LogP) is 6.34. The van der Waals surface area contributed by atoms with Gasteiger partial charge in [-0.05, 0) is 62.3 Å². The molecule has 1 N–H and O–H groups in total. The number of aromatic nitrogens is 5. The highest BCUT2D eigenvalue weighted by molar-refractivity contribution is 7.99. The number of oxazole rings is 1. The second-order valence-corrected chi connectivity index (χ2v) is 10.7. The molecule has 184 valence electrons. The molecule has 0 fully saturated rings. The number of aryl methyl sites for hydroxylation is 3. The SMILES string of the molecule is Cc1ccc2c(-c3nnc(SCCCC4CCc5cc6nc(C)oc6cc5NC4)n3C)cccc2n1. The fourth-order valence-electron chi connectivity index (χ4n) is 5.13. The first-order chi connectivity index (χ1) is 17.5. The zero-order valence-corrected chi connectivity index (χ0v) is 21.7. The molecule has 0 saturated heterocycles. The first-order valence-electron chi connectivity index (χ1n) is 12.6. The zero-order valence-electron chi connectivity index (χ0n) is 20.9. The smallest absolute Gasteiger partial charge is 0.192 e. The monoisotopic (exact) mass is 498 g/mol. The molecule has 0 bridgehead atoms. The van der Waals surface area contributed by atoms with E-state index in [1.165, 1.54) is 24.1 Å². The highest BCUT2D eigenvalue weighted by Gasteiger charge is 2.19. The Labute approximate surface area is 214 Å². The number of pyridine rings is 1. The van der Waals surface area contributed by atoms with Gasteiger partial charge in [0.25, 0.3) is 0 Å². The van der Waals surface area contributed by atoms with Crippen molar-refractivity contribution in [3.63, 3.8) is 0 Å². The van der Waals surface area contributed by atoms with E-state index in [1.807, 2.05) is 32.0 Å². The summed E-state index contributed by atoms with van der Waals surface area (Å²) in [6.07, 6.45) is 4.61. The van der Waals surface area contributed by atoms with E-state index >= 15 is 0 Å². The first kappa shape index (κ1) is 23.0. The first-order valence-corrected chi connectivity index (χ1v) is 13.6. The van der Waals surface area contributed by atoms with Crippen molar-refractivity contribution >= 4 is 39.5 Å². The highest BCUT2D eigenvalue weighted by atomic mass is 32.2. The largest absolute Gasteiger partial charge is 0.441 e. The van der Waals surface area contributed by atoms with Crippen LogP contribution >= 0.6 is 11.8 Å². The fraction of sp³-hybridized carbons (Fsp3) is 0.357. The number of thioether (sulfide) groups is 1. The van der Waals surface area contributed by atoms with E-state index < -0.39 is 0 Å². The molecule has 7 nitrogen and oxygen atoms in total. The third kappa shape index (κ3) is 4.46. The van der Waals surface area contributed by atoms with E-state index in [4.69, 9.17) is 4.42 Å². The van der Waals surface area contributed by atoms with Gasteiger partial charge >= 0.3 is 0 Å². The minimum Gasteiger partial charge on any atom is -0.441 e. The number of anilines is 1. The van der Waals surface area contributed by atoms with Crippen molar-refractivity contribution in [2.24, 2.45) is 13.0 Å². The Morgan fingerprint density at radius 2 is 2.00 bits per heavy atom. The van der Waals surface area contributed by atoms with Crippen molar-refractivity contribution < 1.29 is 4.42 Å². The lowest BCUT2D eigenvalue weighted by molar-refractivity contribution is 0.476. The highest BCUT2D eigenvalue weighted by Crippen LogP contribution is 2.32. The van der Waals surface area contributed by atoms with E-state index in [0.717, 1.165) is 75.3 Å². The van der Waals surface area contributed by atoms with E-state index in [9.17, 15) is 0 Å². The minimum absolute atomic E-state index is 0.653. The van der Waals surface area contributed by atoms with Crippen LogP contribution in [0.5, 0.6) is 0 Å². The van der Waals surface area contributed by atoms with Crippen molar-refractivity contribution in [3.8, 4) is 11.4 Å². The summed E-state index contributed by atoms with van der Waals surface area (Å²) in [5, 5.41) is 14.7. The van der Waals surface area contributed by atoms with Crippen molar-refractivity contribution in [2.75, 3.05) is 17.6 Å². The van der Waals surface area contributed by atoms with Gasteiger partial charge in [0.1, 0.15) is 5.52 Å². The van der Waals surface area contributed by atoms with Gasteiger partial charge in [-0.25, -0.2) is 4.98 Å². The second kappa shape index (κ2) is 9.58.